The molecule has 0 bridgehead atoms. The quantitative estimate of drug-likeness (QED) is 0.188. The second-order valence-corrected chi connectivity index (χ2v) is 10.7. The highest BCUT2D eigenvalue weighted by Crippen LogP contribution is 2.23. The van der Waals surface area contributed by atoms with E-state index in [2.05, 4.69) is 26.7 Å². The minimum absolute atomic E-state index is 0.0306. The fraction of sp³-hybridized carbons (Fsp3) is 0.333. The highest BCUT2D eigenvalue weighted by molar-refractivity contribution is 5.85. The fourth-order valence-electron chi connectivity index (χ4n) is 5.33. The normalized spacial score (nSPS) is 14.4. The van der Waals surface area contributed by atoms with E-state index < -0.39 is 34.2 Å². The number of carboxylic acid groups (broad SMARTS) is 1. The Hall–Kier alpha value is -5.82. The van der Waals surface area contributed by atoms with Crippen molar-refractivity contribution in [3.63, 3.8) is 0 Å². The first kappa shape index (κ1) is 31.6. The Labute approximate surface area is 260 Å². The Morgan fingerprint density at radius 3 is 2.57 bits per heavy atom. The number of aromatic nitrogens is 8. The maximum atomic E-state index is 13.7. The molecule has 5 N–H and O–H groups in total. The monoisotopic (exact) mass is 628 g/mol. The van der Waals surface area contributed by atoms with Crippen molar-refractivity contribution in [3.05, 3.63) is 89.2 Å². The molecule has 1 saturated heterocycles. The molecular formula is C30H32N10O6. The maximum absolute atomic E-state index is 13.7. The van der Waals surface area contributed by atoms with Crippen LogP contribution in [0.4, 0.5) is 5.95 Å². The molecule has 16 nitrogen and oxygen atoms in total. The van der Waals surface area contributed by atoms with Gasteiger partial charge in [-0.3, -0.25) is 28.3 Å². The molecule has 0 amide bonds. The van der Waals surface area contributed by atoms with Crippen LogP contribution in [0.1, 0.15) is 41.8 Å². The van der Waals surface area contributed by atoms with Crippen molar-refractivity contribution < 1.29 is 9.90 Å². The van der Waals surface area contributed by atoms with Crippen LogP contribution in [-0.2, 0) is 20.1 Å². The molecule has 0 saturated carbocycles. The zero-order chi connectivity index (χ0) is 33.1. The van der Waals surface area contributed by atoms with Crippen LogP contribution >= 0.6 is 0 Å². The summed E-state index contributed by atoms with van der Waals surface area (Å²) in [7, 11) is 1.63. The Bertz CT molecular complexity index is 2240. The van der Waals surface area contributed by atoms with Gasteiger partial charge in [-0.1, -0.05) is 24.1 Å². The smallest absolute Gasteiger partial charge is 0.352 e. The number of aryl methyl sites for hydroxylation is 2. The molecule has 0 spiro atoms. The van der Waals surface area contributed by atoms with Crippen LogP contribution in [0.2, 0.25) is 0 Å². The molecule has 0 radical (unpaired) electrons. The van der Waals surface area contributed by atoms with Crippen molar-refractivity contribution in [2.45, 2.75) is 45.8 Å². The van der Waals surface area contributed by atoms with Gasteiger partial charge < -0.3 is 20.7 Å². The molecular weight excluding hydrogens is 596 g/mol. The number of imidazole rings is 1. The zero-order valence-electron chi connectivity index (χ0n) is 25.4. The number of carboxylic acids is 1. The van der Waals surface area contributed by atoms with Gasteiger partial charge in [0.2, 0.25) is 5.95 Å². The van der Waals surface area contributed by atoms with E-state index in [1.807, 2.05) is 41.2 Å². The van der Waals surface area contributed by atoms with Gasteiger partial charge in [0.25, 0.3) is 11.1 Å². The molecule has 0 aliphatic carbocycles. The minimum atomic E-state index is -1.34. The number of fused-ring (bicyclic) bond motifs is 2. The molecule has 0 unspecified atom stereocenters. The molecule has 46 heavy (non-hydrogen) atoms. The van der Waals surface area contributed by atoms with Gasteiger partial charge in [0.15, 0.2) is 11.2 Å². The van der Waals surface area contributed by atoms with E-state index in [0.717, 1.165) is 42.0 Å². The van der Waals surface area contributed by atoms with Crippen molar-refractivity contribution in [1.82, 2.24) is 38.6 Å². The van der Waals surface area contributed by atoms with E-state index in [1.54, 1.807) is 18.5 Å². The summed E-state index contributed by atoms with van der Waals surface area (Å²) in [5.74, 6) is 5.62. The molecule has 16 heteroatoms. The fourth-order valence-corrected chi connectivity index (χ4v) is 5.33. The number of hydrogen-bond donors (Lipinski definition) is 4. The highest BCUT2D eigenvalue weighted by atomic mass is 16.4. The third-order valence-corrected chi connectivity index (χ3v) is 7.50. The number of rotatable bonds is 5. The number of piperidine rings is 1. The first-order valence-electron chi connectivity index (χ1n) is 14.4. The number of para-hydroxylation sites is 1. The first-order chi connectivity index (χ1) is 22.0. The highest BCUT2D eigenvalue weighted by Gasteiger charge is 2.26. The van der Waals surface area contributed by atoms with Crippen molar-refractivity contribution in [2.24, 2.45) is 12.8 Å². The Morgan fingerprint density at radius 1 is 1.11 bits per heavy atom. The molecule has 1 fully saturated rings. The standard InChI is InChI=1S/C25H28N8O2.C5H4N2O4/c1-4-5-13-32-21-22(29-24(32)31-12-8-9-17(26)14-31)30(3)25(35)33(23(21)34)15-20-27-16(2)18-10-6-7-11-19(18)28-20;8-3-1-2(4(9)10)6-5(11)7-3/h6-7,10-11,17H,8-9,12-15,26H2,1-3H3;1H,(H,9,10)(H2,6,7,8,11)/t17-;/m1./s1. The number of benzene rings is 1. The summed E-state index contributed by atoms with van der Waals surface area (Å²) in [5, 5.41) is 9.25. The van der Waals surface area contributed by atoms with Crippen LogP contribution in [0.25, 0.3) is 22.1 Å². The Balaban J connectivity index is 0.000000322. The number of H-pyrrole nitrogens is 2. The van der Waals surface area contributed by atoms with E-state index >= 15 is 0 Å². The van der Waals surface area contributed by atoms with Gasteiger partial charge in [-0.25, -0.2) is 24.4 Å². The SMILES string of the molecule is CC#CCn1c(N2CCC[C@@H](N)C2)nc2c1c(=O)n(Cc1nc(C)c3ccccc3n1)c(=O)n2C.O=C(O)c1cc(=O)[nH]c(=O)[nH]1. The van der Waals surface area contributed by atoms with Gasteiger partial charge in [0.05, 0.1) is 18.6 Å². The molecule has 238 valence electrons. The summed E-state index contributed by atoms with van der Waals surface area (Å²) < 4.78 is 4.39. The average molecular weight is 629 g/mol. The maximum Gasteiger partial charge on any atom is 0.352 e. The van der Waals surface area contributed by atoms with Crippen molar-refractivity contribution in [2.75, 3.05) is 18.0 Å². The lowest BCUT2D eigenvalue weighted by Crippen LogP contribution is -2.44. The zero-order valence-corrected chi connectivity index (χ0v) is 25.4. The van der Waals surface area contributed by atoms with E-state index in [4.69, 9.17) is 15.8 Å². The molecule has 5 heterocycles. The molecule has 4 aromatic heterocycles. The summed E-state index contributed by atoms with van der Waals surface area (Å²) in [5.41, 5.74) is 5.57. The van der Waals surface area contributed by atoms with E-state index in [-0.39, 0.29) is 19.1 Å². The van der Waals surface area contributed by atoms with Crippen LogP contribution in [0.3, 0.4) is 0 Å². The molecule has 1 aromatic carbocycles. The van der Waals surface area contributed by atoms with Crippen molar-refractivity contribution in [3.8, 4) is 11.8 Å². The van der Waals surface area contributed by atoms with Crippen molar-refractivity contribution in [1.29, 1.82) is 0 Å². The average Bonchev–Trinajstić information content (AvgIpc) is 3.41. The van der Waals surface area contributed by atoms with Gasteiger partial charge in [-0.2, -0.15) is 4.98 Å². The number of hydrogen-bond acceptors (Lipinski definition) is 10. The van der Waals surface area contributed by atoms with Crippen LogP contribution in [0.5, 0.6) is 0 Å². The number of anilines is 1. The second-order valence-electron chi connectivity index (χ2n) is 10.7. The van der Waals surface area contributed by atoms with Crippen LogP contribution in [0.15, 0.2) is 49.5 Å². The largest absolute Gasteiger partial charge is 0.477 e. The second kappa shape index (κ2) is 13.0. The predicted molar refractivity (Wildman–Crippen MR) is 170 cm³/mol. The van der Waals surface area contributed by atoms with E-state index in [1.165, 1.54) is 9.13 Å². The molecule has 6 rings (SSSR count). The third-order valence-electron chi connectivity index (χ3n) is 7.50. The summed E-state index contributed by atoms with van der Waals surface area (Å²) in [6.07, 6.45) is 1.88. The summed E-state index contributed by atoms with van der Waals surface area (Å²) in [6, 6.07) is 8.50. The van der Waals surface area contributed by atoms with Gasteiger partial charge in [0.1, 0.15) is 11.5 Å². The lowest BCUT2D eigenvalue weighted by atomic mass is 10.1. The molecule has 1 aliphatic rings. The molecule has 5 aromatic rings. The number of nitrogens with two attached hydrogens (primary N) is 1. The van der Waals surface area contributed by atoms with E-state index in [0.29, 0.717) is 29.5 Å². The van der Waals surface area contributed by atoms with Gasteiger partial charge >= 0.3 is 17.3 Å². The molecule has 1 aliphatic heterocycles. The topological polar surface area (TPSA) is 220 Å². The molecule has 1 atom stereocenters. The predicted octanol–water partition coefficient (Wildman–Crippen LogP) is -0.0912. The van der Waals surface area contributed by atoms with Crippen molar-refractivity contribution >= 4 is 34.0 Å². The summed E-state index contributed by atoms with van der Waals surface area (Å²) in [6.45, 7) is 5.31. The number of nitrogens with one attached hydrogen (secondary N) is 2. The number of nitrogens with zero attached hydrogens (tertiary/aromatic N) is 7. The lowest BCUT2D eigenvalue weighted by Gasteiger charge is -2.31. The lowest BCUT2D eigenvalue weighted by molar-refractivity contribution is 0.0689. The summed E-state index contributed by atoms with van der Waals surface area (Å²) in [4.78, 5) is 77.9. The number of carbonyl (C=O) groups is 1. The van der Waals surface area contributed by atoms with E-state index in [9.17, 15) is 24.0 Å². The van der Waals surface area contributed by atoms with Crippen LogP contribution in [0, 0.1) is 18.8 Å². The van der Waals surface area contributed by atoms with Crippen LogP contribution in [-0.4, -0.2) is 68.8 Å². The minimum Gasteiger partial charge on any atom is -0.477 e. The number of aromatic amines is 2. The Morgan fingerprint density at radius 2 is 1.87 bits per heavy atom. The van der Waals surface area contributed by atoms with Gasteiger partial charge in [-0.05, 0) is 32.8 Å². The van der Waals surface area contributed by atoms with Gasteiger partial charge in [0, 0.05) is 43.3 Å². The first-order valence-corrected chi connectivity index (χ1v) is 14.4. The number of aromatic carboxylic acids is 1. The third kappa shape index (κ3) is 6.35. The van der Waals surface area contributed by atoms with Gasteiger partial charge in [-0.15, -0.1) is 5.92 Å². The van der Waals surface area contributed by atoms with Crippen LogP contribution < -0.4 is 33.1 Å². The Kier molecular flexibility index (Phi) is 8.96. The summed E-state index contributed by atoms with van der Waals surface area (Å²) >= 11 is 0.